The molecule has 0 aromatic carbocycles. The molecule has 2 heterocycles. The van der Waals surface area contributed by atoms with Gasteiger partial charge in [-0.1, -0.05) is 0 Å². The molecule has 0 bridgehead atoms. The fourth-order valence-electron chi connectivity index (χ4n) is 2.29. The maximum absolute atomic E-state index is 11.7. The third-order valence-corrected chi connectivity index (χ3v) is 3.28. The number of nitrogens with zero attached hydrogens (tertiary/aromatic N) is 3. The molecule has 2 rings (SSSR count). The van der Waals surface area contributed by atoms with E-state index in [1.807, 2.05) is 31.2 Å². The second-order valence-corrected chi connectivity index (χ2v) is 4.67. The standard InChI is InChI=1S/C16H18N4O/c1-2-19-16(21)13(12-17)5-6-14-4-3-11-20(14)15-7-9-18-10-8-15/h5-10H,2-4,11H2,1H3,(H,19,21). The van der Waals surface area contributed by atoms with Crippen LogP contribution in [0.2, 0.25) is 0 Å². The third-order valence-electron chi connectivity index (χ3n) is 3.28. The molecule has 0 spiro atoms. The van der Waals surface area contributed by atoms with Crippen LogP contribution < -0.4 is 10.2 Å². The van der Waals surface area contributed by atoms with Crippen molar-refractivity contribution in [3.63, 3.8) is 0 Å². The second-order valence-electron chi connectivity index (χ2n) is 4.67. The first-order valence-electron chi connectivity index (χ1n) is 7.03. The summed E-state index contributed by atoms with van der Waals surface area (Å²) in [4.78, 5) is 17.9. The van der Waals surface area contributed by atoms with E-state index >= 15 is 0 Å². The molecule has 1 aliphatic rings. The highest BCUT2D eigenvalue weighted by Gasteiger charge is 2.18. The van der Waals surface area contributed by atoms with Gasteiger partial charge in [-0.15, -0.1) is 0 Å². The van der Waals surface area contributed by atoms with Crippen molar-refractivity contribution in [2.45, 2.75) is 19.8 Å². The van der Waals surface area contributed by atoms with Gasteiger partial charge in [-0.25, -0.2) is 0 Å². The van der Waals surface area contributed by atoms with Crippen LogP contribution in [0.15, 0.2) is 47.9 Å². The summed E-state index contributed by atoms with van der Waals surface area (Å²) in [6.45, 7) is 3.28. The van der Waals surface area contributed by atoms with Gasteiger partial charge in [0.2, 0.25) is 0 Å². The molecule has 0 atom stereocenters. The first-order valence-corrected chi connectivity index (χ1v) is 7.03. The molecule has 0 radical (unpaired) electrons. The lowest BCUT2D eigenvalue weighted by Gasteiger charge is -2.19. The minimum absolute atomic E-state index is 0.130. The quantitative estimate of drug-likeness (QED) is 0.678. The van der Waals surface area contributed by atoms with E-state index < -0.39 is 0 Å². The van der Waals surface area contributed by atoms with Crippen LogP contribution in [0.1, 0.15) is 19.8 Å². The number of carbonyl (C=O) groups is 1. The zero-order valence-corrected chi connectivity index (χ0v) is 12.0. The van der Waals surface area contributed by atoms with E-state index in [0.29, 0.717) is 6.54 Å². The van der Waals surface area contributed by atoms with Gasteiger partial charge in [0, 0.05) is 36.9 Å². The van der Waals surface area contributed by atoms with Crippen LogP contribution in [-0.4, -0.2) is 24.0 Å². The maximum atomic E-state index is 11.7. The minimum atomic E-state index is -0.328. The van der Waals surface area contributed by atoms with Crippen molar-refractivity contribution < 1.29 is 4.79 Å². The van der Waals surface area contributed by atoms with Crippen LogP contribution in [0.25, 0.3) is 0 Å². The third kappa shape index (κ3) is 3.69. The average molecular weight is 282 g/mol. The van der Waals surface area contributed by atoms with Crippen molar-refractivity contribution in [2.24, 2.45) is 0 Å². The van der Waals surface area contributed by atoms with Gasteiger partial charge in [0.25, 0.3) is 5.91 Å². The minimum Gasteiger partial charge on any atom is -0.352 e. The largest absolute Gasteiger partial charge is 0.352 e. The van der Waals surface area contributed by atoms with Crippen LogP contribution in [0, 0.1) is 11.3 Å². The highest BCUT2D eigenvalue weighted by atomic mass is 16.1. The van der Waals surface area contributed by atoms with Gasteiger partial charge < -0.3 is 10.2 Å². The summed E-state index contributed by atoms with van der Waals surface area (Å²) in [5.74, 6) is -0.328. The van der Waals surface area contributed by atoms with Gasteiger partial charge in [0.05, 0.1) is 0 Å². The average Bonchev–Trinajstić information content (AvgIpc) is 2.97. The Kier molecular flexibility index (Phi) is 5.10. The van der Waals surface area contributed by atoms with E-state index in [9.17, 15) is 4.79 Å². The van der Waals surface area contributed by atoms with Gasteiger partial charge >= 0.3 is 0 Å². The smallest absolute Gasteiger partial charge is 0.261 e. The fraction of sp³-hybridized carbons (Fsp3) is 0.312. The number of rotatable bonds is 4. The lowest BCUT2D eigenvalue weighted by atomic mass is 10.2. The number of carbonyl (C=O) groups excluding carboxylic acids is 1. The normalized spacial score (nSPS) is 16.9. The monoisotopic (exact) mass is 282 g/mol. The van der Waals surface area contributed by atoms with Crippen LogP contribution >= 0.6 is 0 Å². The summed E-state index contributed by atoms with van der Waals surface area (Å²) in [7, 11) is 0. The van der Waals surface area contributed by atoms with Crippen LogP contribution in [0.3, 0.4) is 0 Å². The first-order chi connectivity index (χ1) is 10.3. The van der Waals surface area contributed by atoms with Crippen molar-refractivity contribution in [3.8, 4) is 6.07 Å². The Labute approximate surface area is 124 Å². The molecule has 0 saturated carbocycles. The molecule has 1 amide bonds. The number of aromatic nitrogens is 1. The molecule has 1 fully saturated rings. The summed E-state index contributed by atoms with van der Waals surface area (Å²) in [6.07, 6.45) is 8.98. The molecule has 5 heteroatoms. The summed E-state index contributed by atoms with van der Waals surface area (Å²) in [5, 5.41) is 11.7. The van der Waals surface area contributed by atoms with Crippen LogP contribution in [0.5, 0.6) is 0 Å². The summed E-state index contributed by atoms with van der Waals surface area (Å²) in [6, 6.07) is 5.85. The fourth-order valence-corrected chi connectivity index (χ4v) is 2.29. The van der Waals surface area contributed by atoms with Crippen LogP contribution in [0.4, 0.5) is 5.69 Å². The molecule has 0 aliphatic carbocycles. The molecule has 0 unspecified atom stereocenters. The van der Waals surface area contributed by atoms with Crippen molar-refractivity contribution in [1.82, 2.24) is 10.3 Å². The molecule has 1 saturated heterocycles. The van der Waals surface area contributed by atoms with Gasteiger partial charge in [-0.2, -0.15) is 5.26 Å². The molecular formula is C16H18N4O. The molecule has 5 nitrogen and oxygen atoms in total. The highest BCUT2D eigenvalue weighted by molar-refractivity contribution is 5.97. The Balaban J connectivity index is 2.20. The summed E-state index contributed by atoms with van der Waals surface area (Å²) in [5.41, 5.74) is 2.32. The topological polar surface area (TPSA) is 69.0 Å². The number of amides is 1. The van der Waals surface area contributed by atoms with E-state index in [2.05, 4.69) is 15.2 Å². The lowest BCUT2D eigenvalue weighted by Crippen LogP contribution is -2.23. The van der Waals surface area contributed by atoms with E-state index in [4.69, 9.17) is 5.26 Å². The predicted octanol–water partition coefficient (Wildman–Crippen LogP) is 2.15. The molecule has 21 heavy (non-hydrogen) atoms. The van der Waals surface area contributed by atoms with Gasteiger partial charge in [-0.05, 0) is 44.1 Å². The molecular weight excluding hydrogens is 264 g/mol. The Morgan fingerprint density at radius 3 is 2.95 bits per heavy atom. The van der Waals surface area contributed by atoms with E-state index in [-0.39, 0.29) is 11.5 Å². The van der Waals surface area contributed by atoms with E-state index in [1.54, 1.807) is 18.5 Å². The van der Waals surface area contributed by atoms with Gasteiger partial charge in [0.15, 0.2) is 0 Å². The lowest BCUT2D eigenvalue weighted by molar-refractivity contribution is -0.117. The molecule has 1 aromatic rings. The number of allylic oxidation sites excluding steroid dienone is 3. The highest BCUT2D eigenvalue weighted by Crippen LogP contribution is 2.27. The van der Waals surface area contributed by atoms with Gasteiger partial charge in [-0.3, -0.25) is 9.78 Å². The Bertz CT molecular complexity index is 598. The molecule has 1 aliphatic heterocycles. The SMILES string of the molecule is CCNC(=O)C(C#N)=CC=C1CCCN1c1ccncc1. The Morgan fingerprint density at radius 1 is 1.52 bits per heavy atom. The molecule has 108 valence electrons. The zero-order chi connectivity index (χ0) is 15.1. The number of hydrogen-bond acceptors (Lipinski definition) is 4. The second kappa shape index (κ2) is 7.25. The Morgan fingerprint density at radius 2 is 2.29 bits per heavy atom. The van der Waals surface area contributed by atoms with Crippen molar-refractivity contribution in [2.75, 3.05) is 18.0 Å². The number of nitrogens with one attached hydrogen (secondary N) is 1. The van der Waals surface area contributed by atoms with Crippen molar-refractivity contribution >= 4 is 11.6 Å². The first kappa shape index (κ1) is 14.8. The van der Waals surface area contributed by atoms with Crippen molar-refractivity contribution in [3.05, 3.63) is 47.9 Å². The van der Waals surface area contributed by atoms with E-state index in [1.165, 1.54) is 0 Å². The number of hydrogen-bond donors (Lipinski definition) is 1. The zero-order valence-electron chi connectivity index (χ0n) is 12.0. The molecule has 1 N–H and O–H groups in total. The summed E-state index contributed by atoms with van der Waals surface area (Å²) < 4.78 is 0. The molecule has 1 aromatic heterocycles. The number of pyridine rings is 1. The Hall–Kier alpha value is -2.61. The van der Waals surface area contributed by atoms with Gasteiger partial charge in [0.1, 0.15) is 11.6 Å². The van der Waals surface area contributed by atoms with E-state index in [0.717, 1.165) is 30.8 Å². The maximum Gasteiger partial charge on any atom is 0.261 e. The number of anilines is 1. The predicted molar refractivity (Wildman–Crippen MR) is 81.3 cm³/mol. The number of nitriles is 1. The van der Waals surface area contributed by atoms with Crippen LogP contribution in [-0.2, 0) is 4.79 Å². The number of likely N-dealkylation sites (N-methyl/N-ethyl adjacent to an activating group) is 1. The van der Waals surface area contributed by atoms with Crippen molar-refractivity contribution in [1.29, 1.82) is 5.26 Å². The summed E-state index contributed by atoms with van der Waals surface area (Å²) >= 11 is 0.